The predicted molar refractivity (Wildman–Crippen MR) is 139 cm³/mol. The molecule has 160 valence electrons. The van der Waals surface area contributed by atoms with Crippen molar-refractivity contribution in [3.63, 3.8) is 0 Å². The van der Waals surface area contributed by atoms with Gasteiger partial charge in [0, 0.05) is 17.1 Å². The molecule has 0 radical (unpaired) electrons. The summed E-state index contributed by atoms with van der Waals surface area (Å²) in [4.78, 5) is 4.80. The predicted octanol–water partition coefficient (Wildman–Crippen LogP) is 6.77. The second-order valence-corrected chi connectivity index (χ2v) is 14.5. The Morgan fingerprint density at radius 2 is 1.50 bits per heavy atom. The summed E-state index contributed by atoms with van der Waals surface area (Å²) in [6, 6.07) is 28.2. The van der Waals surface area contributed by atoms with Crippen molar-refractivity contribution in [3.8, 4) is 11.3 Å². The van der Waals surface area contributed by atoms with Gasteiger partial charge in [-0.25, -0.2) is 0 Å². The quantitative estimate of drug-likeness (QED) is 0.292. The first-order valence-electron chi connectivity index (χ1n) is 11.2. The minimum Gasteiger partial charge on any atom is -0.463 e. The molecule has 0 aliphatic heterocycles. The van der Waals surface area contributed by atoms with Crippen molar-refractivity contribution in [2.24, 2.45) is 0 Å². The normalized spacial score (nSPS) is 12.5. The fourth-order valence-electron chi connectivity index (χ4n) is 4.54. The molecule has 0 spiro atoms. The van der Waals surface area contributed by atoms with Gasteiger partial charge in [-0.05, 0) is 46.0 Å². The first-order chi connectivity index (χ1) is 15.2. The van der Waals surface area contributed by atoms with Crippen molar-refractivity contribution in [1.29, 1.82) is 0 Å². The van der Waals surface area contributed by atoms with Gasteiger partial charge in [-0.3, -0.25) is 4.98 Å². The van der Waals surface area contributed by atoms with Crippen LogP contribution < -0.4 is 10.6 Å². The molecule has 0 fully saturated rings. The Morgan fingerprint density at radius 1 is 0.781 bits per heavy atom. The van der Waals surface area contributed by atoms with Crippen LogP contribution in [0.1, 0.15) is 26.3 Å². The van der Waals surface area contributed by atoms with E-state index in [4.69, 9.17) is 9.40 Å². The third kappa shape index (κ3) is 3.47. The highest BCUT2D eigenvalue weighted by molar-refractivity contribution is 6.99. The van der Waals surface area contributed by atoms with E-state index in [0.717, 1.165) is 27.6 Å². The van der Waals surface area contributed by atoms with Gasteiger partial charge < -0.3 is 4.42 Å². The SMILES string of the molecule is CC(C)(C)c1cc(-c2nccc3cc([Si](C)(C)c4ccccc4)oc23)cc2ccccc12. The van der Waals surface area contributed by atoms with Gasteiger partial charge in [-0.15, -0.1) is 0 Å². The van der Waals surface area contributed by atoms with E-state index in [1.54, 1.807) is 0 Å². The molecule has 0 atom stereocenters. The first kappa shape index (κ1) is 20.7. The van der Waals surface area contributed by atoms with Crippen molar-refractivity contribution in [2.75, 3.05) is 0 Å². The van der Waals surface area contributed by atoms with Crippen LogP contribution in [0.2, 0.25) is 13.1 Å². The summed E-state index contributed by atoms with van der Waals surface area (Å²) in [6.07, 6.45) is 1.90. The van der Waals surface area contributed by atoms with Crippen LogP contribution in [0, 0.1) is 0 Å². The molecule has 0 saturated heterocycles. The van der Waals surface area contributed by atoms with Crippen molar-refractivity contribution in [2.45, 2.75) is 39.3 Å². The molecule has 2 nitrogen and oxygen atoms in total. The van der Waals surface area contributed by atoms with Crippen LogP contribution in [0.25, 0.3) is 33.0 Å². The average Bonchev–Trinajstić information content (AvgIpc) is 3.24. The van der Waals surface area contributed by atoms with E-state index in [-0.39, 0.29) is 5.41 Å². The molecule has 0 bridgehead atoms. The summed E-state index contributed by atoms with van der Waals surface area (Å²) in [7, 11) is -1.94. The van der Waals surface area contributed by atoms with Gasteiger partial charge >= 0.3 is 0 Å². The Balaban J connectivity index is 1.72. The van der Waals surface area contributed by atoms with Crippen LogP contribution in [-0.4, -0.2) is 13.1 Å². The number of furan rings is 1. The van der Waals surface area contributed by atoms with E-state index < -0.39 is 8.07 Å². The molecule has 5 rings (SSSR count). The standard InChI is InChI=1S/C29H29NOSi/c1-29(2,3)25-18-22(17-20-11-9-10-14-24(20)25)27-28-21(15-16-30-27)19-26(31-28)32(4,5)23-12-7-6-8-13-23/h6-19H,1-5H3. The molecule has 32 heavy (non-hydrogen) atoms. The highest BCUT2D eigenvalue weighted by Crippen LogP contribution is 2.36. The Morgan fingerprint density at radius 3 is 2.25 bits per heavy atom. The van der Waals surface area contributed by atoms with Gasteiger partial charge in [-0.2, -0.15) is 0 Å². The monoisotopic (exact) mass is 435 g/mol. The molecule has 0 N–H and O–H groups in total. The maximum absolute atomic E-state index is 6.61. The fraction of sp³-hybridized carbons (Fsp3) is 0.207. The minimum absolute atomic E-state index is 0.0278. The van der Waals surface area contributed by atoms with Gasteiger partial charge in [-0.1, -0.05) is 93.6 Å². The number of fused-ring (bicyclic) bond motifs is 2. The lowest BCUT2D eigenvalue weighted by Gasteiger charge is -2.22. The molecule has 2 heterocycles. The third-order valence-electron chi connectivity index (χ3n) is 6.49. The number of hydrogen-bond donors (Lipinski definition) is 0. The molecule has 3 heteroatoms. The molecule has 0 unspecified atom stereocenters. The molecule has 0 aliphatic carbocycles. The van der Waals surface area contributed by atoms with Gasteiger partial charge in [0.15, 0.2) is 13.7 Å². The zero-order valence-corrected chi connectivity index (χ0v) is 20.4. The number of aromatic nitrogens is 1. The maximum Gasteiger partial charge on any atom is 0.159 e. The molecule has 3 aromatic carbocycles. The highest BCUT2D eigenvalue weighted by atomic mass is 28.3. The van der Waals surface area contributed by atoms with Crippen molar-refractivity contribution >= 4 is 40.4 Å². The minimum atomic E-state index is -1.94. The third-order valence-corrected chi connectivity index (χ3v) is 9.74. The molecular formula is C29H29NOSi. The second kappa shape index (κ2) is 7.46. The van der Waals surface area contributed by atoms with E-state index in [1.807, 2.05) is 6.20 Å². The summed E-state index contributed by atoms with van der Waals surface area (Å²) >= 11 is 0. The van der Waals surface area contributed by atoms with Gasteiger partial charge in [0.25, 0.3) is 0 Å². The number of hydrogen-bond acceptors (Lipinski definition) is 2. The lowest BCUT2D eigenvalue weighted by molar-refractivity contribution is 0.596. The smallest absolute Gasteiger partial charge is 0.159 e. The molecule has 2 aromatic heterocycles. The molecule has 0 aliphatic rings. The molecule has 5 aromatic rings. The first-order valence-corrected chi connectivity index (χ1v) is 14.2. The second-order valence-electron chi connectivity index (χ2n) is 10.2. The van der Waals surface area contributed by atoms with Crippen molar-refractivity contribution in [3.05, 3.63) is 90.6 Å². The Hall–Kier alpha value is -3.17. The lowest BCUT2D eigenvalue weighted by Crippen LogP contribution is -2.52. The van der Waals surface area contributed by atoms with Crippen LogP contribution in [0.5, 0.6) is 0 Å². The van der Waals surface area contributed by atoms with E-state index >= 15 is 0 Å². The number of benzene rings is 3. The van der Waals surface area contributed by atoms with Crippen molar-refractivity contribution < 1.29 is 4.42 Å². The topological polar surface area (TPSA) is 26.0 Å². The van der Waals surface area contributed by atoms with E-state index in [9.17, 15) is 0 Å². The average molecular weight is 436 g/mol. The van der Waals surface area contributed by atoms with Crippen LogP contribution >= 0.6 is 0 Å². The van der Waals surface area contributed by atoms with Crippen LogP contribution in [-0.2, 0) is 5.41 Å². The summed E-state index contributed by atoms with van der Waals surface area (Å²) in [5.74, 6) is 0. The van der Waals surface area contributed by atoms with Crippen molar-refractivity contribution in [1.82, 2.24) is 4.98 Å². The van der Waals surface area contributed by atoms with Gasteiger partial charge in [0.1, 0.15) is 5.69 Å². The molecular weight excluding hydrogens is 406 g/mol. The summed E-state index contributed by atoms with van der Waals surface area (Å²) in [5, 5.41) is 6.11. The Bertz CT molecular complexity index is 1420. The van der Waals surface area contributed by atoms with Gasteiger partial charge in [0.2, 0.25) is 0 Å². The zero-order valence-electron chi connectivity index (χ0n) is 19.4. The summed E-state index contributed by atoms with van der Waals surface area (Å²) in [6.45, 7) is 11.5. The summed E-state index contributed by atoms with van der Waals surface area (Å²) < 4.78 is 6.61. The van der Waals surface area contributed by atoms with E-state index in [2.05, 4.69) is 113 Å². The van der Waals surface area contributed by atoms with Gasteiger partial charge in [0.05, 0.1) is 5.38 Å². The highest BCUT2D eigenvalue weighted by Gasteiger charge is 2.31. The molecule has 0 amide bonds. The van der Waals surface area contributed by atoms with Crippen LogP contribution in [0.4, 0.5) is 0 Å². The number of nitrogens with zero attached hydrogens (tertiary/aromatic N) is 1. The van der Waals surface area contributed by atoms with Crippen LogP contribution in [0.3, 0.4) is 0 Å². The Kier molecular flexibility index (Phi) is 4.83. The Labute approximate surface area is 190 Å². The molecule has 0 saturated carbocycles. The van der Waals surface area contributed by atoms with E-state index in [0.29, 0.717) is 0 Å². The maximum atomic E-state index is 6.61. The number of pyridine rings is 1. The lowest BCUT2D eigenvalue weighted by atomic mass is 9.82. The van der Waals surface area contributed by atoms with Crippen LogP contribution in [0.15, 0.2) is 89.5 Å². The van der Waals surface area contributed by atoms with E-state index in [1.165, 1.54) is 21.5 Å². The zero-order chi connectivity index (χ0) is 22.5. The number of rotatable bonds is 3. The largest absolute Gasteiger partial charge is 0.463 e. The summed E-state index contributed by atoms with van der Waals surface area (Å²) in [5.41, 5.74) is 4.27. The fourth-order valence-corrected chi connectivity index (χ4v) is 6.73.